The second-order valence-corrected chi connectivity index (χ2v) is 7.02. The number of hydrogen-bond acceptors (Lipinski definition) is 6. The van der Waals surface area contributed by atoms with E-state index in [0.717, 1.165) is 31.7 Å². The molecule has 0 bridgehead atoms. The molecule has 1 aromatic carbocycles. The summed E-state index contributed by atoms with van der Waals surface area (Å²) in [5.41, 5.74) is -0.100. The zero-order valence-corrected chi connectivity index (χ0v) is 12.8. The van der Waals surface area contributed by atoms with Crippen LogP contribution in [-0.2, 0) is 10.0 Å². The Kier molecular flexibility index (Phi) is 4.99. The van der Waals surface area contributed by atoms with Crippen molar-refractivity contribution in [3.8, 4) is 0 Å². The van der Waals surface area contributed by atoms with Crippen molar-refractivity contribution < 1.29 is 18.4 Å². The maximum Gasteiger partial charge on any atom is 0.293 e. The van der Waals surface area contributed by atoms with Gasteiger partial charge in [-0.2, -0.15) is 0 Å². The van der Waals surface area contributed by atoms with E-state index in [1.807, 2.05) is 0 Å². The topological polar surface area (TPSA) is 136 Å². The molecule has 0 heterocycles. The Labute approximate surface area is 128 Å². The second kappa shape index (κ2) is 6.59. The van der Waals surface area contributed by atoms with Gasteiger partial charge in [-0.05, 0) is 25.0 Å². The fourth-order valence-electron chi connectivity index (χ4n) is 2.78. The van der Waals surface area contributed by atoms with Crippen LogP contribution in [0.3, 0.4) is 0 Å². The predicted molar refractivity (Wildman–Crippen MR) is 80.9 cm³/mol. The maximum atomic E-state index is 11.3. The molecular weight excluding hydrogens is 310 g/mol. The number of nitro groups is 1. The third kappa shape index (κ3) is 3.73. The number of anilines is 1. The number of nitro benzene ring substituents is 1. The minimum absolute atomic E-state index is 0.0146. The van der Waals surface area contributed by atoms with Gasteiger partial charge in [-0.15, -0.1) is 0 Å². The molecule has 0 amide bonds. The molecular formula is C13H19N3O5S. The van der Waals surface area contributed by atoms with E-state index in [1.165, 1.54) is 12.1 Å². The highest BCUT2D eigenvalue weighted by Gasteiger charge is 2.27. The van der Waals surface area contributed by atoms with Crippen molar-refractivity contribution in [2.45, 2.75) is 36.6 Å². The first kappa shape index (κ1) is 16.7. The molecule has 0 spiro atoms. The lowest BCUT2D eigenvalue weighted by atomic mass is 9.85. The Morgan fingerprint density at radius 3 is 2.64 bits per heavy atom. The zero-order chi connectivity index (χ0) is 16.3. The third-order valence-corrected chi connectivity index (χ3v) is 4.89. The molecule has 1 aromatic rings. The number of rotatable bonds is 5. The van der Waals surface area contributed by atoms with Gasteiger partial charge in [0.25, 0.3) is 5.69 Å². The zero-order valence-electron chi connectivity index (χ0n) is 11.9. The number of nitrogens with one attached hydrogen (secondary N) is 1. The summed E-state index contributed by atoms with van der Waals surface area (Å²) in [5.74, 6) is 0.0336. The molecule has 122 valence electrons. The quantitative estimate of drug-likeness (QED) is 0.548. The van der Waals surface area contributed by atoms with Crippen molar-refractivity contribution in [3.63, 3.8) is 0 Å². The molecule has 0 aromatic heterocycles. The van der Waals surface area contributed by atoms with Crippen molar-refractivity contribution in [1.82, 2.24) is 0 Å². The highest BCUT2D eigenvalue weighted by atomic mass is 32.2. The van der Waals surface area contributed by atoms with Crippen LogP contribution in [0.2, 0.25) is 0 Å². The number of sulfonamides is 1. The highest BCUT2D eigenvalue weighted by Crippen LogP contribution is 2.32. The van der Waals surface area contributed by atoms with E-state index >= 15 is 0 Å². The van der Waals surface area contributed by atoms with E-state index in [-0.39, 0.29) is 34.8 Å². The van der Waals surface area contributed by atoms with Gasteiger partial charge < -0.3 is 10.4 Å². The minimum Gasteiger partial charge on any atom is -0.396 e. The lowest BCUT2D eigenvalue weighted by Crippen LogP contribution is -2.34. The molecule has 0 unspecified atom stereocenters. The van der Waals surface area contributed by atoms with Crippen LogP contribution in [0.4, 0.5) is 11.4 Å². The SMILES string of the molecule is NS(=O)(=O)c1ccc(N[C@@H]2CCCC[C@H]2CO)c([N+](=O)[O-])c1. The number of aliphatic hydroxyl groups excluding tert-OH is 1. The maximum absolute atomic E-state index is 11.3. The van der Waals surface area contributed by atoms with Crippen LogP contribution in [0, 0.1) is 16.0 Å². The van der Waals surface area contributed by atoms with Gasteiger partial charge in [-0.1, -0.05) is 12.8 Å². The lowest BCUT2D eigenvalue weighted by molar-refractivity contribution is -0.384. The van der Waals surface area contributed by atoms with Crippen molar-refractivity contribution in [2.75, 3.05) is 11.9 Å². The summed E-state index contributed by atoms with van der Waals surface area (Å²) < 4.78 is 22.6. The molecule has 0 saturated heterocycles. The fraction of sp³-hybridized carbons (Fsp3) is 0.538. The largest absolute Gasteiger partial charge is 0.396 e. The molecule has 4 N–H and O–H groups in total. The molecule has 0 aliphatic heterocycles. The third-order valence-electron chi connectivity index (χ3n) is 3.98. The summed E-state index contributed by atoms with van der Waals surface area (Å²) in [7, 11) is -4.00. The van der Waals surface area contributed by atoms with Gasteiger partial charge in [0, 0.05) is 24.6 Å². The number of nitrogens with zero attached hydrogens (tertiary/aromatic N) is 1. The Morgan fingerprint density at radius 2 is 2.05 bits per heavy atom. The van der Waals surface area contributed by atoms with Crippen LogP contribution in [0.15, 0.2) is 23.1 Å². The van der Waals surface area contributed by atoms with E-state index in [0.29, 0.717) is 0 Å². The molecule has 1 saturated carbocycles. The number of aliphatic hydroxyl groups is 1. The summed E-state index contributed by atoms with van der Waals surface area (Å²) in [6.07, 6.45) is 3.67. The van der Waals surface area contributed by atoms with Gasteiger partial charge in [-0.3, -0.25) is 10.1 Å². The van der Waals surface area contributed by atoms with Crippen LogP contribution in [-0.4, -0.2) is 31.1 Å². The number of primary sulfonamides is 1. The number of benzene rings is 1. The molecule has 0 radical (unpaired) electrons. The minimum atomic E-state index is -4.00. The Bertz CT molecular complexity index is 662. The van der Waals surface area contributed by atoms with E-state index in [1.54, 1.807) is 0 Å². The molecule has 22 heavy (non-hydrogen) atoms. The monoisotopic (exact) mass is 329 g/mol. The van der Waals surface area contributed by atoms with Gasteiger partial charge in [0.15, 0.2) is 0 Å². The molecule has 1 aliphatic rings. The van der Waals surface area contributed by atoms with Gasteiger partial charge >= 0.3 is 0 Å². The fourth-order valence-corrected chi connectivity index (χ4v) is 3.31. The van der Waals surface area contributed by atoms with Crippen molar-refractivity contribution in [1.29, 1.82) is 0 Å². The van der Waals surface area contributed by atoms with Gasteiger partial charge in [0.1, 0.15) is 5.69 Å². The van der Waals surface area contributed by atoms with E-state index in [9.17, 15) is 23.6 Å². The van der Waals surface area contributed by atoms with E-state index < -0.39 is 14.9 Å². The molecule has 2 atom stereocenters. The molecule has 8 nitrogen and oxygen atoms in total. The Hall–Kier alpha value is -1.71. The van der Waals surface area contributed by atoms with E-state index in [2.05, 4.69) is 5.32 Å². The van der Waals surface area contributed by atoms with Crippen LogP contribution in [0.25, 0.3) is 0 Å². The smallest absolute Gasteiger partial charge is 0.293 e. The summed E-state index contributed by atoms with van der Waals surface area (Å²) in [5, 5.41) is 28.6. The lowest BCUT2D eigenvalue weighted by Gasteiger charge is -2.31. The molecule has 2 rings (SSSR count). The Morgan fingerprint density at radius 1 is 1.36 bits per heavy atom. The highest BCUT2D eigenvalue weighted by molar-refractivity contribution is 7.89. The first-order valence-electron chi connectivity index (χ1n) is 7.01. The molecule has 1 aliphatic carbocycles. The van der Waals surface area contributed by atoms with Crippen LogP contribution < -0.4 is 10.5 Å². The summed E-state index contributed by atoms with van der Waals surface area (Å²) >= 11 is 0. The van der Waals surface area contributed by atoms with Gasteiger partial charge in [0.05, 0.1) is 9.82 Å². The first-order valence-corrected chi connectivity index (χ1v) is 8.56. The van der Waals surface area contributed by atoms with Crippen molar-refractivity contribution in [3.05, 3.63) is 28.3 Å². The summed E-state index contributed by atoms with van der Waals surface area (Å²) in [6, 6.07) is 3.47. The van der Waals surface area contributed by atoms with Gasteiger partial charge in [0.2, 0.25) is 10.0 Å². The van der Waals surface area contributed by atoms with E-state index in [4.69, 9.17) is 5.14 Å². The number of hydrogen-bond donors (Lipinski definition) is 3. The van der Waals surface area contributed by atoms with Crippen molar-refractivity contribution >= 4 is 21.4 Å². The van der Waals surface area contributed by atoms with Crippen LogP contribution in [0.1, 0.15) is 25.7 Å². The van der Waals surface area contributed by atoms with Gasteiger partial charge in [-0.25, -0.2) is 13.6 Å². The second-order valence-electron chi connectivity index (χ2n) is 5.46. The predicted octanol–water partition coefficient (Wildman–Crippen LogP) is 1.21. The average Bonchev–Trinajstić information content (AvgIpc) is 2.46. The standard InChI is InChI=1S/C13H19N3O5S/c14-22(20,21)10-5-6-12(13(7-10)16(18)19)15-11-4-2-1-3-9(11)8-17/h5-7,9,11,15,17H,1-4,8H2,(H2,14,20,21)/t9-,11+/m0/s1. The normalized spacial score (nSPS) is 22.3. The first-order chi connectivity index (χ1) is 10.3. The summed E-state index contributed by atoms with van der Waals surface area (Å²) in [6.45, 7) is 0.0146. The van der Waals surface area contributed by atoms with Crippen LogP contribution in [0.5, 0.6) is 0 Å². The van der Waals surface area contributed by atoms with Crippen LogP contribution >= 0.6 is 0 Å². The Balaban J connectivity index is 2.32. The number of nitrogens with two attached hydrogens (primary N) is 1. The summed E-state index contributed by atoms with van der Waals surface area (Å²) in [4.78, 5) is 10.2. The van der Waals surface area contributed by atoms with Crippen molar-refractivity contribution in [2.24, 2.45) is 11.1 Å². The molecule has 1 fully saturated rings. The molecule has 9 heteroatoms. The average molecular weight is 329 g/mol.